The number of halogens is 5. The second-order valence-corrected chi connectivity index (χ2v) is 49.2. The monoisotopic (exact) mass is 2220 g/mol. The summed E-state index contributed by atoms with van der Waals surface area (Å²) in [4.78, 5) is 58.0. The van der Waals surface area contributed by atoms with Crippen molar-refractivity contribution in [2.24, 2.45) is 0 Å². The number of ketones is 1. The molecule has 12 aromatic rings. The Kier molecular flexibility index (Phi) is 39.6. The Labute approximate surface area is 903 Å². The smallest absolute Gasteiger partial charge is 0.417 e. The van der Waals surface area contributed by atoms with Gasteiger partial charge in [-0.2, -0.15) is 0 Å². The third kappa shape index (κ3) is 30.1. The molecule has 4 fully saturated rings. The molecule has 150 heavy (non-hydrogen) atoms. The molecule has 27 nitrogen and oxygen atoms in total. The molecule has 0 bridgehead atoms. The van der Waals surface area contributed by atoms with Gasteiger partial charge in [0, 0.05) is 235 Å². The molecule has 6 heterocycles. The van der Waals surface area contributed by atoms with Crippen molar-refractivity contribution in [2.75, 3.05) is 155 Å². The van der Waals surface area contributed by atoms with Gasteiger partial charge in [0.2, 0.25) is 5.78 Å². The highest BCUT2D eigenvalue weighted by Crippen LogP contribution is 2.48. The van der Waals surface area contributed by atoms with Crippen molar-refractivity contribution < 1.29 is 76.6 Å². The molecule has 0 saturated carbocycles. The van der Waals surface area contributed by atoms with Crippen LogP contribution in [-0.2, 0) is 63.6 Å². The number of hydrogen-bond acceptors (Lipinski definition) is 24. The maximum Gasteiger partial charge on any atom is 0.417 e. The number of sulfone groups is 2. The van der Waals surface area contributed by atoms with E-state index >= 15 is 8.78 Å². The minimum Gasteiger partial charge on any atom is -0.473 e. The van der Waals surface area contributed by atoms with E-state index in [1.165, 1.54) is 41.7 Å². The van der Waals surface area contributed by atoms with Crippen molar-refractivity contribution >= 4 is 167 Å². The first-order chi connectivity index (χ1) is 70.8. The quantitative estimate of drug-likeness (QED) is 0.00919. The Balaban J connectivity index is 0.000000236. The summed E-state index contributed by atoms with van der Waals surface area (Å²) in [6.45, 7) is 26.0. The third-order valence-electron chi connectivity index (χ3n) is 26.9. The number of aliphatic hydroxyl groups is 1. The number of likely N-dealkylation sites (tertiary alicyclic amines) is 2. The van der Waals surface area contributed by atoms with Crippen LogP contribution >= 0.6 is 58.3 Å². The van der Waals surface area contributed by atoms with Crippen molar-refractivity contribution in [3.05, 3.63) is 275 Å². The Morgan fingerprint density at radius 2 is 0.787 bits per heavy atom. The fourth-order valence-electron chi connectivity index (χ4n) is 19.5. The number of carboxylic acids is 1. The number of aliphatic hydroxyl groups excluding tert-OH is 1. The van der Waals surface area contributed by atoms with Gasteiger partial charge in [-0.15, -0.1) is 23.5 Å². The molecule has 0 spiro atoms. The van der Waals surface area contributed by atoms with E-state index in [4.69, 9.17) is 33.0 Å². The van der Waals surface area contributed by atoms with E-state index in [2.05, 4.69) is 85.3 Å². The predicted molar refractivity (Wildman–Crippen MR) is 604 cm³/mol. The number of sulfonamides is 2. The van der Waals surface area contributed by atoms with Gasteiger partial charge in [-0.05, 0) is 309 Å². The highest BCUT2D eigenvalue weighted by Gasteiger charge is 2.36. The number of carboxylic acid groups (broad SMARTS) is 1. The number of carbonyl (C=O) groups excluding carboxylic acids is 3. The van der Waals surface area contributed by atoms with Crippen molar-refractivity contribution in [1.82, 2.24) is 18.9 Å². The van der Waals surface area contributed by atoms with Gasteiger partial charge in [-0.3, -0.25) is 19.0 Å². The molecule has 6 N–H and O–H groups in total. The summed E-state index contributed by atoms with van der Waals surface area (Å²) >= 11 is 20.7. The number of piperidine rings is 2. The Morgan fingerprint density at radius 1 is 0.447 bits per heavy atom. The van der Waals surface area contributed by atoms with Crippen LogP contribution in [0.2, 0.25) is 10.0 Å². The maximum atomic E-state index is 15.8. The molecule has 16 rings (SSSR count). The lowest BCUT2D eigenvalue weighted by molar-refractivity contribution is -0.168. The molecular weight excluding hydrogens is 2090 g/mol. The van der Waals surface area contributed by atoms with Crippen LogP contribution in [0.3, 0.4) is 0 Å². The van der Waals surface area contributed by atoms with Crippen LogP contribution in [0.1, 0.15) is 115 Å². The molecule has 0 aliphatic carbocycles. The van der Waals surface area contributed by atoms with E-state index in [1.807, 2.05) is 154 Å². The maximum absolute atomic E-state index is 15.8. The molecule has 0 amide bonds. The zero-order valence-electron chi connectivity index (χ0n) is 85.1. The average Bonchev–Trinajstić information content (AvgIpc) is 1.58. The number of anilines is 8. The number of ether oxygens (including phenoxy) is 1. The van der Waals surface area contributed by atoms with Gasteiger partial charge in [0.15, 0.2) is 19.7 Å². The summed E-state index contributed by atoms with van der Waals surface area (Å²) in [5.41, 5.74) is 13.2. The number of hydrogen-bond donors (Lipinski definition) is 6. The second-order valence-electron chi connectivity index (χ2n) is 38.5. The summed E-state index contributed by atoms with van der Waals surface area (Å²) in [6, 6.07) is 69.3. The normalized spacial score (nSPS) is 15.1. The Bertz CT molecular complexity index is 7230. The summed E-state index contributed by atoms with van der Waals surface area (Å²) in [7, 11) is -15.3. The number of aliphatic carboxylic acids is 1. The number of thioether (sulfide) groups is 2. The average molecular weight is 2220 g/mol. The van der Waals surface area contributed by atoms with Gasteiger partial charge in [-0.1, -0.05) is 91.3 Å². The van der Waals surface area contributed by atoms with Gasteiger partial charge < -0.3 is 64.1 Å². The molecule has 0 unspecified atom stereocenters. The first kappa shape index (κ1) is 116. The van der Waals surface area contributed by atoms with Crippen LogP contribution in [-0.4, -0.2) is 226 Å². The first-order valence-corrected chi connectivity index (χ1v) is 59.3. The molecule has 4 aliphatic heterocycles. The number of piperazine rings is 2. The SMILES string of the molecule is C.CC(=O)C(=O)Cl.Cc1cc(S(=O)(=O)Nc2ccc(N3CCN(c4cc(F)cc(-c5c(S(C)(=O)=O)c(C)n(C(C)C)c5-c5ccc(Cl)cc5)c4)CC3)cc2)ccc1N[C@H](CCN1CCC(O)CC1)CSc1ccccc1.Cc1cc(S(=O)(=O)Nc2ccc(N3CCN(c4cc(F)cc(-c5c(S(C)(=O)=O)c(C)n(C(C)C)c5-c5ccc(Cl)cc5)c4)CC3)cc2)ccc1N[C@H](CCN1CCC(OC(=O)C(=O)O)CC1)CSc1ccccc1. The van der Waals surface area contributed by atoms with E-state index in [9.17, 15) is 58.0 Å². The van der Waals surface area contributed by atoms with E-state index in [-0.39, 0.29) is 57.3 Å². The van der Waals surface area contributed by atoms with Crippen molar-refractivity contribution in [2.45, 2.75) is 174 Å². The first-order valence-electron chi connectivity index (χ1n) is 49.5. The minimum absolute atomic E-state index is 0. The summed E-state index contributed by atoms with van der Waals surface area (Å²) < 4.78 is 155. The Hall–Kier alpha value is -11.5. The molecule has 0 radical (unpaired) electrons. The predicted octanol–water partition coefficient (Wildman–Crippen LogP) is 22.1. The van der Waals surface area contributed by atoms with Crippen molar-refractivity contribution in [3.63, 3.8) is 0 Å². The molecule has 2 atom stereocenters. The number of aromatic nitrogens is 2. The van der Waals surface area contributed by atoms with Crippen molar-refractivity contribution in [1.29, 1.82) is 0 Å². The zero-order chi connectivity index (χ0) is 107. The summed E-state index contributed by atoms with van der Waals surface area (Å²) in [5, 5.41) is 26.5. The number of nitrogens with zero attached hydrogens (tertiary/aromatic N) is 8. The van der Waals surface area contributed by atoms with Crippen LogP contribution in [0.4, 0.5) is 54.3 Å². The largest absolute Gasteiger partial charge is 0.473 e. The van der Waals surface area contributed by atoms with Gasteiger partial charge >= 0.3 is 11.9 Å². The van der Waals surface area contributed by atoms with Gasteiger partial charge in [0.25, 0.3) is 25.3 Å². The summed E-state index contributed by atoms with van der Waals surface area (Å²) in [5.74, 6) is -2.77. The minimum atomic E-state index is -3.95. The van der Waals surface area contributed by atoms with Gasteiger partial charge in [0.1, 0.15) is 17.7 Å². The third-order valence-corrected chi connectivity index (χ3v) is 35.3. The second kappa shape index (κ2) is 51.3. The van der Waals surface area contributed by atoms with Gasteiger partial charge in [-0.25, -0.2) is 52.0 Å². The molecule has 38 heteroatoms. The molecule has 10 aromatic carbocycles. The molecular formula is C112H131Cl3F2N12O15S6. The van der Waals surface area contributed by atoms with Crippen LogP contribution in [0.15, 0.2) is 260 Å². The van der Waals surface area contributed by atoms with Crippen LogP contribution in [0, 0.1) is 39.3 Å². The highest BCUT2D eigenvalue weighted by molar-refractivity contribution is 7.99. The van der Waals surface area contributed by atoms with Gasteiger partial charge in [0.05, 0.1) is 37.1 Å². The molecule has 4 saturated heterocycles. The summed E-state index contributed by atoms with van der Waals surface area (Å²) in [6.07, 6.45) is 6.18. The zero-order valence-corrected chi connectivity index (χ0v) is 92.2. The van der Waals surface area contributed by atoms with E-state index < -0.39 is 80.4 Å². The topological polar surface area (TPSA) is 332 Å². The number of carbonyl (C=O) groups is 4. The fraction of sp³-hybridized carbons (Fsp3) is 0.357. The lowest BCUT2D eigenvalue weighted by Gasteiger charge is -2.37. The van der Waals surface area contributed by atoms with Crippen LogP contribution in [0.5, 0.6) is 0 Å². The highest BCUT2D eigenvalue weighted by atomic mass is 35.5. The van der Waals surface area contributed by atoms with Crippen molar-refractivity contribution in [3.8, 4) is 44.8 Å². The molecule has 800 valence electrons. The molecule has 2 aromatic heterocycles. The lowest BCUT2D eigenvalue weighted by Crippen LogP contribution is -2.46. The Morgan fingerprint density at radius 3 is 1.11 bits per heavy atom. The van der Waals surface area contributed by atoms with E-state index in [0.29, 0.717) is 156 Å². The number of benzene rings is 10. The lowest BCUT2D eigenvalue weighted by atomic mass is 9.99. The number of rotatable bonds is 36. The van der Waals surface area contributed by atoms with Crippen LogP contribution in [0.25, 0.3) is 44.8 Å². The number of esters is 1. The molecule has 4 aliphatic rings. The number of aryl methyl sites for hydroxylation is 2. The standard InChI is InChI=1S/C55H62ClFN6O8S3.C53H62ClFN6O5S3.C3H3ClO2.CH4/c1-36(2)63-38(4)53(73(5,67)68)51(52(63)39-11-13-41(56)14-12-39)40-32-42(57)34-46(33-40)62-29-27-61(28-30-62)45-17-15-43(16-18-45)59-74(69,70)49-19-20-50(37(3)31-49)58-44(35-72-48-9-7-6-8-10-48)21-24-60-25-22-47(23-26-60)71-55(66)54(64)65;1-36(2)61-38(4)53(68(5,63)64)51(52(61)39-11-13-41(54)14-12-39)40-32-42(55)34-46(33-40)60-29-27-59(28-30-60)45-17-15-43(16-18-45)57-69(65,66)49-19-20-50(37(3)31-49)56-44(35-67-48-9-7-6-8-10-48)21-24-58-25-22-47(62)23-26-58;1-2(5)3(4)6;/h6-20,31-34,36,44,47,58-59H,21-30,35H2,1-5H3,(H,64,65);6-20,31-34,36,44,47,56-57,62H,21-30,35H2,1-5H3;1H3;1H4/t2*44-;;/m11../s1. The van der Waals surface area contributed by atoms with E-state index in [1.54, 1.807) is 116 Å². The van der Waals surface area contributed by atoms with E-state index in [0.717, 1.165) is 120 Å². The fourth-order valence-corrected chi connectivity index (χ4v) is 26.5. The number of Topliss-reactive ketones (excluding diaryl/α,β-unsaturated/α-hetero) is 1. The van der Waals surface area contributed by atoms with Crippen LogP contribution < -0.4 is 39.7 Å². The number of nitrogens with one attached hydrogen (secondary N) is 4.